The Hall–Kier alpha value is -3.04. The molecule has 3 heterocycles. The first-order valence-corrected chi connectivity index (χ1v) is 13.7. The Labute approximate surface area is 217 Å². The zero-order chi connectivity index (χ0) is 25.2. The Morgan fingerprint density at radius 1 is 1.06 bits per heavy atom. The van der Waals surface area contributed by atoms with Gasteiger partial charge in [0.1, 0.15) is 10.8 Å². The molecule has 192 valence electrons. The number of aliphatic imine (C=N–C) groups is 1. The number of aryl methyl sites for hydroxylation is 1. The van der Waals surface area contributed by atoms with E-state index in [4.69, 9.17) is 20.2 Å². The highest BCUT2D eigenvalue weighted by Crippen LogP contribution is 2.35. The lowest BCUT2D eigenvalue weighted by Gasteiger charge is -2.27. The van der Waals surface area contributed by atoms with Crippen LogP contribution in [0.5, 0.6) is 5.75 Å². The number of hydrogen-bond acceptors (Lipinski definition) is 7. The molecule has 1 aromatic carbocycles. The number of ether oxygens (including phenoxy) is 2. The van der Waals surface area contributed by atoms with Gasteiger partial charge in [0.2, 0.25) is 0 Å². The van der Waals surface area contributed by atoms with Gasteiger partial charge < -0.3 is 20.1 Å². The summed E-state index contributed by atoms with van der Waals surface area (Å²) >= 11 is 1.61. The van der Waals surface area contributed by atoms with Gasteiger partial charge in [-0.1, -0.05) is 39.0 Å². The fourth-order valence-corrected chi connectivity index (χ4v) is 5.06. The van der Waals surface area contributed by atoms with Crippen LogP contribution < -0.4 is 10.5 Å². The van der Waals surface area contributed by atoms with Crippen LogP contribution in [-0.2, 0) is 4.74 Å². The van der Waals surface area contributed by atoms with Crippen molar-refractivity contribution in [3.63, 3.8) is 0 Å². The first-order chi connectivity index (χ1) is 17.6. The second-order valence-electron chi connectivity index (χ2n) is 8.89. The van der Waals surface area contributed by atoms with E-state index < -0.39 is 0 Å². The van der Waals surface area contributed by atoms with Crippen LogP contribution in [0.4, 0.5) is 5.95 Å². The summed E-state index contributed by atoms with van der Waals surface area (Å²) in [6.45, 7) is 7.73. The molecule has 0 bridgehead atoms. The fourth-order valence-electron chi connectivity index (χ4n) is 4.02. The summed E-state index contributed by atoms with van der Waals surface area (Å²) in [5.74, 6) is 1.66. The summed E-state index contributed by atoms with van der Waals surface area (Å²) in [5.41, 5.74) is 8.95. The van der Waals surface area contributed by atoms with Gasteiger partial charge in [-0.05, 0) is 43.7 Å². The fraction of sp³-hybridized carbons (Fsp3) is 0.481. The lowest BCUT2D eigenvalue weighted by Crippen LogP contribution is -2.44. The van der Waals surface area contributed by atoms with E-state index in [-0.39, 0.29) is 0 Å². The Balaban J connectivity index is 1.38. The number of thiazole rings is 1. The smallest absolute Gasteiger partial charge is 0.253 e. The van der Waals surface area contributed by atoms with Gasteiger partial charge >= 0.3 is 0 Å². The maximum Gasteiger partial charge on any atom is 0.253 e. The molecule has 0 unspecified atom stereocenters. The molecule has 0 amide bonds. The third kappa shape index (κ3) is 7.24. The average Bonchev–Trinajstić information content (AvgIpc) is 3.30. The standard InChI is InChI=1S/C27H36N6O2S/c1-3-4-5-6-7-8-17-35-22-11-9-21(10-12-22)25-30-20(2)24(36-25)23-13-14-29-27(31-23)32-26(28)33-15-18-34-19-16-33/h9-14H,3-8,15-19H2,1-2H3,(H2,28,29,31,32). The van der Waals surface area contributed by atoms with E-state index in [1.54, 1.807) is 17.5 Å². The van der Waals surface area contributed by atoms with Crippen molar-refractivity contribution in [1.82, 2.24) is 19.9 Å². The summed E-state index contributed by atoms with van der Waals surface area (Å²) in [7, 11) is 0. The maximum atomic E-state index is 6.17. The van der Waals surface area contributed by atoms with Gasteiger partial charge in [-0.15, -0.1) is 11.3 Å². The zero-order valence-electron chi connectivity index (χ0n) is 21.3. The third-order valence-corrected chi connectivity index (χ3v) is 7.32. The number of nitrogens with zero attached hydrogens (tertiary/aromatic N) is 5. The van der Waals surface area contributed by atoms with Gasteiger partial charge in [0.05, 0.1) is 36.1 Å². The molecule has 36 heavy (non-hydrogen) atoms. The minimum Gasteiger partial charge on any atom is -0.494 e. The Morgan fingerprint density at radius 2 is 1.81 bits per heavy atom. The SMILES string of the molecule is CCCCCCCCOc1ccc(-c2nc(C)c(-c3ccnc(N=C(N)N4CCOCC4)n3)s2)cc1. The summed E-state index contributed by atoms with van der Waals surface area (Å²) in [5, 5.41) is 0.946. The largest absolute Gasteiger partial charge is 0.494 e. The van der Waals surface area contributed by atoms with Crippen molar-refractivity contribution in [3.8, 4) is 26.9 Å². The Bertz CT molecular complexity index is 1130. The number of nitrogens with two attached hydrogens (primary N) is 1. The summed E-state index contributed by atoms with van der Waals surface area (Å²) in [6, 6.07) is 10.1. The van der Waals surface area contributed by atoms with Crippen molar-refractivity contribution in [2.24, 2.45) is 10.7 Å². The van der Waals surface area contributed by atoms with E-state index in [2.05, 4.69) is 34.0 Å². The lowest BCUT2D eigenvalue weighted by atomic mass is 10.1. The summed E-state index contributed by atoms with van der Waals surface area (Å²) in [6.07, 6.45) is 9.27. The quantitative estimate of drug-likeness (QED) is 0.205. The predicted octanol–water partition coefficient (Wildman–Crippen LogP) is 5.59. The molecular formula is C27H36N6O2S. The molecule has 1 saturated heterocycles. The Morgan fingerprint density at radius 3 is 2.58 bits per heavy atom. The molecule has 1 fully saturated rings. The number of morpholine rings is 1. The highest BCUT2D eigenvalue weighted by atomic mass is 32.1. The molecule has 0 saturated carbocycles. The molecule has 0 atom stereocenters. The van der Waals surface area contributed by atoms with Gasteiger partial charge in [0, 0.05) is 24.8 Å². The molecule has 0 spiro atoms. The van der Waals surface area contributed by atoms with E-state index in [9.17, 15) is 0 Å². The molecule has 1 aliphatic heterocycles. The van der Waals surface area contributed by atoms with Crippen molar-refractivity contribution >= 4 is 23.2 Å². The van der Waals surface area contributed by atoms with Crippen LogP contribution in [0.1, 0.15) is 51.1 Å². The van der Waals surface area contributed by atoms with Crippen LogP contribution in [0.15, 0.2) is 41.5 Å². The maximum absolute atomic E-state index is 6.17. The van der Waals surface area contributed by atoms with Crippen molar-refractivity contribution in [1.29, 1.82) is 0 Å². The molecule has 2 N–H and O–H groups in total. The normalized spacial score (nSPS) is 14.3. The van der Waals surface area contributed by atoms with Crippen LogP contribution in [0, 0.1) is 6.92 Å². The van der Waals surface area contributed by atoms with Gasteiger partial charge in [-0.3, -0.25) is 0 Å². The van der Waals surface area contributed by atoms with Crippen molar-refractivity contribution < 1.29 is 9.47 Å². The minimum atomic E-state index is 0.345. The molecule has 3 aromatic rings. The molecule has 4 rings (SSSR count). The molecule has 0 aliphatic carbocycles. The Kier molecular flexibility index (Phi) is 9.63. The van der Waals surface area contributed by atoms with Gasteiger partial charge in [0.15, 0.2) is 5.96 Å². The molecule has 9 heteroatoms. The average molecular weight is 509 g/mol. The minimum absolute atomic E-state index is 0.345. The number of aromatic nitrogens is 3. The van der Waals surface area contributed by atoms with Crippen molar-refractivity contribution in [3.05, 3.63) is 42.2 Å². The third-order valence-electron chi connectivity index (χ3n) is 6.09. The number of benzene rings is 1. The number of rotatable bonds is 11. The van der Waals surface area contributed by atoms with Gasteiger partial charge in [-0.2, -0.15) is 4.99 Å². The molecule has 0 radical (unpaired) electrons. The van der Waals surface area contributed by atoms with Gasteiger partial charge in [0.25, 0.3) is 5.95 Å². The highest BCUT2D eigenvalue weighted by Gasteiger charge is 2.15. The zero-order valence-corrected chi connectivity index (χ0v) is 22.1. The monoisotopic (exact) mass is 508 g/mol. The van der Waals surface area contributed by atoms with Crippen molar-refractivity contribution in [2.75, 3.05) is 32.9 Å². The second-order valence-corrected chi connectivity index (χ2v) is 9.88. The van der Waals surface area contributed by atoms with E-state index in [1.165, 1.54) is 32.1 Å². The number of unbranched alkanes of at least 4 members (excludes halogenated alkanes) is 5. The lowest BCUT2D eigenvalue weighted by molar-refractivity contribution is 0.0675. The summed E-state index contributed by atoms with van der Waals surface area (Å²) < 4.78 is 11.3. The first kappa shape index (κ1) is 26.0. The predicted molar refractivity (Wildman–Crippen MR) is 146 cm³/mol. The molecule has 8 nitrogen and oxygen atoms in total. The molecule has 2 aromatic heterocycles. The second kappa shape index (κ2) is 13.3. The van der Waals surface area contributed by atoms with Crippen LogP contribution in [0.25, 0.3) is 21.1 Å². The van der Waals surface area contributed by atoms with E-state index in [0.29, 0.717) is 25.1 Å². The van der Waals surface area contributed by atoms with Crippen LogP contribution in [0.3, 0.4) is 0 Å². The topological polar surface area (TPSA) is 98.8 Å². The van der Waals surface area contributed by atoms with E-state index in [1.807, 2.05) is 30.0 Å². The first-order valence-electron chi connectivity index (χ1n) is 12.8. The van der Waals surface area contributed by atoms with Crippen LogP contribution in [-0.4, -0.2) is 58.7 Å². The number of hydrogen-bond donors (Lipinski definition) is 1. The van der Waals surface area contributed by atoms with E-state index in [0.717, 1.165) is 58.7 Å². The number of guanidine groups is 1. The van der Waals surface area contributed by atoms with Crippen LogP contribution >= 0.6 is 11.3 Å². The molecular weight excluding hydrogens is 472 g/mol. The van der Waals surface area contributed by atoms with Crippen molar-refractivity contribution in [2.45, 2.75) is 52.4 Å². The molecule has 1 aliphatic rings. The summed E-state index contributed by atoms with van der Waals surface area (Å²) in [4.78, 5) is 21.1. The van der Waals surface area contributed by atoms with E-state index >= 15 is 0 Å². The van der Waals surface area contributed by atoms with Gasteiger partial charge in [-0.25, -0.2) is 15.0 Å². The highest BCUT2D eigenvalue weighted by molar-refractivity contribution is 7.18. The van der Waals surface area contributed by atoms with Crippen LogP contribution in [0.2, 0.25) is 0 Å².